The molecule has 0 bridgehead atoms. The first-order valence-electron chi connectivity index (χ1n) is 7.32. The van der Waals surface area contributed by atoms with Gasteiger partial charge in [0.05, 0.1) is 12.2 Å². The van der Waals surface area contributed by atoms with Crippen LogP contribution in [0.5, 0.6) is 0 Å². The number of carbonyl (C=O) groups is 1. The number of Topliss-reactive ketones (excluding diaryl/α,β-unsaturated/α-hetero) is 1. The first-order chi connectivity index (χ1) is 9.72. The SMILES string of the molecule is Cc1ccccc1C(C#N)C(=O)CCC1CCCCO1. The molecular formula is C17H21NO2. The van der Waals surface area contributed by atoms with Crippen LogP contribution < -0.4 is 0 Å². The van der Waals surface area contributed by atoms with Gasteiger partial charge < -0.3 is 4.74 Å². The lowest BCUT2D eigenvalue weighted by Gasteiger charge is -2.22. The van der Waals surface area contributed by atoms with E-state index in [1.165, 1.54) is 6.42 Å². The molecule has 0 saturated carbocycles. The normalized spacial score (nSPS) is 20.1. The van der Waals surface area contributed by atoms with Crippen LogP contribution in [0.2, 0.25) is 0 Å². The summed E-state index contributed by atoms with van der Waals surface area (Å²) in [5, 5.41) is 9.31. The highest BCUT2D eigenvalue weighted by Crippen LogP contribution is 2.24. The van der Waals surface area contributed by atoms with Gasteiger partial charge in [-0.15, -0.1) is 0 Å². The summed E-state index contributed by atoms with van der Waals surface area (Å²) in [6.07, 6.45) is 4.70. The van der Waals surface area contributed by atoms with Crippen LogP contribution in [-0.2, 0) is 9.53 Å². The Bertz CT molecular complexity index is 498. The number of rotatable bonds is 5. The Morgan fingerprint density at radius 3 is 2.90 bits per heavy atom. The van der Waals surface area contributed by atoms with Crippen LogP contribution in [0.3, 0.4) is 0 Å². The Labute approximate surface area is 120 Å². The molecule has 0 aliphatic carbocycles. The summed E-state index contributed by atoms with van der Waals surface area (Å²) in [7, 11) is 0. The second-order valence-electron chi connectivity index (χ2n) is 5.41. The monoisotopic (exact) mass is 271 g/mol. The number of benzene rings is 1. The molecule has 3 heteroatoms. The fourth-order valence-electron chi connectivity index (χ4n) is 2.71. The molecule has 1 aromatic carbocycles. The quantitative estimate of drug-likeness (QED) is 0.823. The number of ketones is 1. The Hall–Kier alpha value is -1.66. The average molecular weight is 271 g/mol. The minimum absolute atomic E-state index is 0.0102. The van der Waals surface area contributed by atoms with Crippen molar-refractivity contribution in [2.24, 2.45) is 0 Å². The summed E-state index contributed by atoms with van der Waals surface area (Å²) in [5.41, 5.74) is 1.84. The lowest BCUT2D eigenvalue weighted by molar-refractivity contribution is -0.120. The highest BCUT2D eigenvalue weighted by molar-refractivity contribution is 5.88. The third-order valence-electron chi connectivity index (χ3n) is 3.94. The molecule has 1 fully saturated rings. The summed E-state index contributed by atoms with van der Waals surface area (Å²) < 4.78 is 5.64. The third kappa shape index (κ3) is 3.68. The molecule has 1 saturated heterocycles. The number of hydrogen-bond donors (Lipinski definition) is 0. The first kappa shape index (κ1) is 14.7. The molecule has 1 aliphatic rings. The molecule has 0 radical (unpaired) electrons. The predicted octanol–water partition coefficient (Wildman–Crippen LogP) is 3.52. The largest absolute Gasteiger partial charge is 0.378 e. The Morgan fingerprint density at radius 2 is 2.25 bits per heavy atom. The first-order valence-corrected chi connectivity index (χ1v) is 7.32. The number of hydrogen-bond acceptors (Lipinski definition) is 3. The van der Waals surface area contributed by atoms with Crippen molar-refractivity contribution in [2.75, 3.05) is 6.61 Å². The highest BCUT2D eigenvalue weighted by Gasteiger charge is 2.23. The van der Waals surface area contributed by atoms with Crippen molar-refractivity contribution in [3.05, 3.63) is 35.4 Å². The van der Waals surface area contributed by atoms with E-state index in [1.807, 2.05) is 31.2 Å². The van der Waals surface area contributed by atoms with Gasteiger partial charge in [0.2, 0.25) is 0 Å². The van der Waals surface area contributed by atoms with E-state index in [0.29, 0.717) is 6.42 Å². The molecule has 1 aliphatic heterocycles. The summed E-state index contributed by atoms with van der Waals surface area (Å²) in [6.45, 7) is 2.75. The van der Waals surface area contributed by atoms with Crippen LogP contribution in [-0.4, -0.2) is 18.5 Å². The van der Waals surface area contributed by atoms with E-state index in [-0.39, 0.29) is 11.9 Å². The third-order valence-corrected chi connectivity index (χ3v) is 3.94. The van der Waals surface area contributed by atoms with Crippen molar-refractivity contribution in [2.45, 2.75) is 51.0 Å². The lowest BCUT2D eigenvalue weighted by Crippen LogP contribution is -2.21. The summed E-state index contributed by atoms with van der Waals surface area (Å²) in [4.78, 5) is 12.3. The lowest BCUT2D eigenvalue weighted by atomic mass is 9.89. The van der Waals surface area contributed by atoms with E-state index in [1.54, 1.807) is 0 Å². The maximum Gasteiger partial charge on any atom is 0.154 e. The van der Waals surface area contributed by atoms with Gasteiger partial charge in [-0.3, -0.25) is 4.79 Å². The molecule has 1 aromatic rings. The van der Waals surface area contributed by atoms with Gasteiger partial charge in [-0.25, -0.2) is 0 Å². The average Bonchev–Trinajstić information content (AvgIpc) is 2.49. The smallest absolute Gasteiger partial charge is 0.154 e. The molecule has 3 nitrogen and oxygen atoms in total. The fourth-order valence-corrected chi connectivity index (χ4v) is 2.71. The van der Waals surface area contributed by atoms with Gasteiger partial charge in [0.25, 0.3) is 0 Å². The zero-order valence-corrected chi connectivity index (χ0v) is 12.0. The molecule has 2 unspecified atom stereocenters. The Balaban J connectivity index is 1.96. The van der Waals surface area contributed by atoms with Gasteiger partial charge in [0, 0.05) is 13.0 Å². The Morgan fingerprint density at radius 1 is 1.45 bits per heavy atom. The summed E-state index contributed by atoms with van der Waals surface area (Å²) >= 11 is 0. The van der Waals surface area contributed by atoms with Gasteiger partial charge in [0.15, 0.2) is 5.78 Å². The van der Waals surface area contributed by atoms with Crippen LogP contribution in [0.1, 0.15) is 49.1 Å². The second kappa shape index (κ2) is 7.21. The van der Waals surface area contributed by atoms with E-state index in [4.69, 9.17) is 4.74 Å². The predicted molar refractivity (Wildman–Crippen MR) is 77.4 cm³/mol. The van der Waals surface area contributed by atoms with Crippen LogP contribution in [0.15, 0.2) is 24.3 Å². The molecule has 20 heavy (non-hydrogen) atoms. The van der Waals surface area contributed by atoms with Crippen LogP contribution >= 0.6 is 0 Å². The summed E-state index contributed by atoms with van der Waals surface area (Å²) in [5.74, 6) is -0.629. The van der Waals surface area contributed by atoms with Crippen molar-refractivity contribution in [1.29, 1.82) is 5.26 Å². The number of nitrogens with zero attached hydrogens (tertiary/aromatic N) is 1. The van der Waals surface area contributed by atoms with Crippen LogP contribution in [0, 0.1) is 18.3 Å². The second-order valence-corrected chi connectivity index (χ2v) is 5.41. The maximum atomic E-state index is 12.3. The number of ether oxygens (including phenoxy) is 1. The molecule has 1 heterocycles. The van der Waals surface area contributed by atoms with Crippen molar-refractivity contribution in [3.8, 4) is 6.07 Å². The molecule has 2 atom stereocenters. The molecule has 106 valence electrons. The highest BCUT2D eigenvalue weighted by atomic mass is 16.5. The Kier molecular flexibility index (Phi) is 5.31. The molecule has 2 rings (SSSR count). The van der Waals surface area contributed by atoms with Crippen LogP contribution in [0.4, 0.5) is 0 Å². The van der Waals surface area contributed by atoms with Gasteiger partial charge in [0.1, 0.15) is 5.92 Å². The van der Waals surface area contributed by atoms with E-state index in [2.05, 4.69) is 6.07 Å². The van der Waals surface area contributed by atoms with E-state index < -0.39 is 5.92 Å². The van der Waals surface area contributed by atoms with E-state index in [0.717, 1.165) is 37.0 Å². The number of nitriles is 1. The van der Waals surface area contributed by atoms with Crippen molar-refractivity contribution in [3.63, 3.8) is 0 Å². The standard InChI is InChI=1S/C17H21NO2/c1-13-6-2-3-8-15(13)16(12-18)17(19)10-9-14-7-4-5-11-20-14/h2-3,6,8,14,16H,4-5,7,9-11H2,1H3. The van der Waals surface area contributed by atoms with E-state index in [9.17, 15) is 10.1 Å². The van der Waals surface area contributed by atoms with Gasteiger partial charge in [-0.2, -0.15) is 5.26 Å². The number of aryl methyl sites for hydroxylation is 1. The van der Waals surface area contributed by atoms with Gasteiger partial charge in [-0.1, -0.05) is 24.3 Å². The molecule has 0 aromatic heterocycles. The fraction of sp³-hybridized carbons (Fsp3) is 0.529. The maximum absolute atomic E-state index is 12.3. The number of carbonyl (C=O) groups excluding carboxylic acids is 1. The molecular weight excluding hydrogens is 250 g/mol. The summed E-state index contributed by atoms with van der Waals surface area (Å²) in [6, 6.07) is 9.77. The van der Waals surface area contributed by atoms with Gasteiger partial charge in [-0.05, 0) is 43.7 Å². The topological polar surface area (TPSA) is 50.1 Å². The minimum Gasteiger partial charge on any atom is -0.378 e. The molecule has 0 N–H and O–H groups in total. The zero-order chi connectivity index (χ0) is 14.4. The van der Waals surface area contributed by atoms with Crippen molar-refractivity contribution >= 4 is 5.78 Å². The molecule has 0 amide bonds. The van der Waals surface area contributed by atoms with Crippen molar-refractivity contribution < 1.29 is 9.53 Å². The molecule has 0 spiro atoms. The van der Waals surface area contributed by atoms with E-state index >= 15 is 0 Å². The zero-order valence-electron chi connectivity index (χ0n) is 12.0. The van der Waals surface area contributed by atoms with Gasteiger partial charge >= 0.3 is 0 Å². The van der Waals surface area contributed by atoms with Crippen LogP contribution in [0.25, 0.3) is 0 Å². The van der Waals surface area contributed by atoms with Crippen molar-refractivity contribution in [1.82, 2.24) is 0 Å². The minimum atomic E-state index is -0.639.